The number of nitrogens with one attached hydrogen (secondary N) is 1. The van der Waals surface area contributed by atoms with Crippen LogP contribution in [0.4, 0.5) is 14.4 Å². The van der Waals surface area contributed by atoms with Crippen molar-refractivity contribution in [2.45, 2.75) is 105 Å². The van der Waals surface area contributed by atoms with Crippen molar-refractivity contribution in [1.82, 2.24) is 5.32 Å². The van der Waals surface area contributed by atoms with Gasteiger partial charge in [-0.05, 0) is 108 Å². The lowest BCUT2D eigenvalue weighted by Crippen LogP contribution is -2.33. The van der Waals surface area contributed by atoms with E-state index in [-0.39, 0.29) is 0 Å². The maximum atomic E-state index is 11.3. The molecule has 0 heterocycles. The van der Waals surface area contributed by atoms with Crippen LogP contribution in [-0.4, -0.2) is 141 Å². The number of nitrogens with two attached hydrogens (primary N) is 3. The average molecular weight is 759 g/mol. The second kappa shape index (κ2) is 35.7. The van der Waals surface area contributed by atoms with E-state index in [2.05, 4.69) is 10.1 Å². The van der Waals surface area contributed by atoms with Crippen LogP contribution in [-0.2, 0) is 47.4 Å². The third-order valence-corrected chi connectivity index (χ3v) is 5.05. The van der Waals surface area contributed by atoms with E-state index in [0.717, 1.165) is 25.7 Å². The summed E-state index contributed by atoms with van der Waals surface area (Å²) >= 11 is 0. The second-order valence-corrected chi connectivity index (χ2v) is 13.9. The standard InChI is InChI=1S/C15H32N2O5.C10H24N2O3.C10H18O5/c1-15(2,3)22-14(18)17-7-5-9-20-11-13-21-12-10-19-8-4-6-16;11-3-1-5-13-7-9-15-10-8-14-6-2-4-12;1-9(2,3)14-7(11)13-8(12)15-10(4,5)6/h4-13,16H2,1-3H3,(H,17,18);1-12H2;1-6H3. The molecule has 0 aliphatic rings. The fraction of sp³-hybridized carbons (Fsp3) is 0.914. The summed E-state index contributed by atoms with van der Waals surface area (Å²) in [5.41, 5.74) is 14.1. The molecule has 0 aliphatic heterocycles. The molecule has 0 atom stereocenters. The molecule has 52 heavy (non-hydrogen) atoms. The third kappa shape index (κ3) is 54.4. The predicted molar refractivity (Wildman–Crippen MR) is 198 cm³/mol. The molecule has 7 N–H and O–H groups in total. The van der Waals surface area contributed by atoms with E-state index >= 15 is 0 Å². The molecule has 17 heteroatoms. The van der Waals surface area contributed by atoms with Gasteiger partial charge >= 0.3 is 18.4 Å². The van der Waals surface area contributed by atoms with Crippen LogP contribution >= 0.6 is 0 Å². The van der Waals surface area contributed by atoms with E-state index in [1.165, 1.54) is 0 Å². The Labute approximate surface area is 312 Å². The van der Waals surface area contributed by atoms with Gasteiger partial charge in [0.25, 0.3) is 0 Å². The topological polar surface area (TPSA) is 234 Å². The Morgan fingerprint density at radius 1 is 0.423 bits per heavy atom. The highest BCUT2D eigenvalue weighted by Gasteiger charge is 2.24. The Hall–Kier alpha value is -2.35. The second-order valence-electron chi connectivity index (χ2n) is 13.9. The first-order valence-electron chi connectivity index (χ1n) is 18.0. The first-order chi connectivity index (χ1) is 24.4. The summed E-state index contributed by atoms with van der Waals surface area (Å²) in [7, 11) is 0. The molecular weight excluding hydrogens is 684 g/mol. The summed E-state index contributed by atoms with van der Waals surface area (Å²) in [5.74, 6) is 0. The van der Waals surface area contributed by atoms with E-state index in [4.69, 9.17) is 59.8 Å². The zero-order chi connectivity index (χ0) is 40.2. The molecular formula is C35H74N4O13. The van der Waals surface area contributed by atoms with Gasteiger partial charge in [-0.25, -0.2) is 14.4 Å². The van der Waals surface area contributed by atoms with E-state index in [9.17, 15) is 14.4 Å². The smallest absolute Gasteiger partial charge is 0.444 e. The van der Waals surface area contributed by atoms with E-state index < -0.39 is 35.2 Å². The predicted octanol–water partition coefficient (Wildman–Crippen LogP) is 3.91. The van der Waals surface area contributed by atoms with E-state index in [0.29, 0.717) is 105 Å². The van der Waals surface area contributed by atoms with Crippen LogP contribution in [0.1, 0.15) is 88.0 Å². The van der Waals surface area contributed by atoms with Crippen LogP contribution in [0.2, 0.25) is 0 Å². The lowest BCUT2D eigenvalue weighted by Gasteiger charge is -2.20. The molecule has 0 rings (SSSR count). The van der Waals surface area contributed by atoms with Crippen molar-refractivity contribution in [3.63, 3.8) is 0 Å². The number of carbonyl (C=O) groups is 3. The summed E-state index contributed by atoms with van der Waals surface area (Å²) in [5, 5.41) is 2.68. The summed E-state index contributed by atoms with van der Waals surface area (Å²) in [6.45, 7) is 25.5. The molecule has 0 aliphatic carbocycles. The van der Waals surface area contributed by atoms with Gasteiger partial charge in [0.2, 0.25) is 0 Å². The molecule has 0 radical (unpaired) electrons. The molecule has 0 bridgehead atoms. The Kier molecular flexibility index (Phi) is 37.0. The molecule has 0 saturated heterocycles. The highest BCUT2D eigenvalue weighted by atomic mass is 16.8. The SMILES string of the molecule is CC(C)(C)OC(=O)NCCCOCCOCCOCCCN.CC(C)(C)OC(=O)OC(=O)OC(C)(C)C.NCCCOCCOCCOCCCN. The largest absolute Gasteiger partial charge is 0.519 e. The third-order valence-electron chi connectivity index (χ3n) is 5.05. The molecule has 0 unspecified atom stereocenters. The summed E-state index contributed by atoms with van der Waals surface area (Å²) in [6.07, 6.45) is 0.908. The quantitative estimate of drug-likeness (QED) is 0.0447. The normalized spacial score (nSPS) is 11.4. The Morgan fingerprint density at radius 3 is 0.962 bits per heavy atom. The minimum Gasteiger partial charge on any atom is -0.444 e. The summed E-state index contributed by atoms with van der Waals surface area (Å²) in [4.78, 5) is 33.4. The van der Waals surface area contributed by atoms with Crippen molar-refractivity contribution in [3.8, 4) is 0 Å². The highest BCUT2D eigenvalue weighted by Crippen LogP contribution is 2.11. The molecule has 0 saturated carbocycles. The average Bonchev–Trinajstić information content (AvgIpc) is 3.00. The molecule has 0 fully saturated rings. The van der Waals surface area contributed by atoms with Crippen molar-refractivity contribution < 1.29 is 61.8 Å². The maximum absolute atomic E-state index is 11.3. The minimum atomic E-state index is -1.06. The zero-order valence-corrected chi connectivity index (χ0v) is 33.7. The number of alkyl carbamates (subject to hydrolysis) is 1. The summed E-state index contributed by atoms with van der Waals surface area (Å²) < 4.78 is 50.7. The Morgan fingerprint density at radius 2 is 0.692 bits per heavy atom. The maximum Gasteiger partial charge on any atom is 0.519 e. The van der Waals surface area contributed by atoms with Crippen molar-refractivity contribution >= 4 is 18.4 Å². The van der Waals surface area contributed by atoms with Gasteiger partial charge in [-0.15, -0.1) is 0 Å². The minimum absolute atomic E-state index is 0.398. The molecule has 0 aromatic carbocycles. The molecule has 0 spiro atoms. The first kappa shape index (κ1) is 54.0. The van der Waals surface area contributed by atoms with Crippen molar-refractivity contribution in [2.24, 2.45) is 17.2 Å². The Balaban J connectivity index is -0.000000714. The van der Waals surface area contributed by atoms with Gasteiger partial charge in [0.05, 0.1) is 52.9 Å². The number of hydrogen-bond donors (Lipinski definition) is 4. The number of ether oxygens (including phenoxy) is 10. The lowest BCUT2D eigenvalue weighted by atomic mass is 10.2. The van der Waals surface area contributed by atoms with Crippen LogP contribution in [0.15, 0.2) is 0 Å². The van der Waals surface area contributed by atoms with Crippen LogP contribution in [0.25, 0.3) is 0 Å². The molecule has 1 amide bonds. The summed E-state index contributed by atoms with van der Waals surface area (Å²) in [6, 6.07) is 0. The van der Waals surface area contributed by atoms with Gasteiger partial charge in [-0.2, -0.15) is 0 Å². The van der Waals surface area contributed by atoms with Crippen LogP contribution < -0.4 is 22.5 Å². The monoisotopic (exact) mass is 759 g/mol. The van der Waals surface area contributed by atoms with Gasteiger partial charge in [0.15, 0.2) is 0 Å². The lowest BCUT2D eigenvalue weighted by molar-refractivity contribution is -0.0294. The number of amides is 1. The first-order valence-corrected chi connectivity index (χ1v) is 18.0. The van der Waals surface area contributed by atoms with Gasteiger partial charge in [0, 0.05) is 33.0 Å². The number of hydrogen-bond acceptors (Lipinski definition) is 16. The fourth-order valence-corrected chi connectivity index (χ4v) is 2.93. The van der Waals surface area contributed by atoms with E-state index in [1.54, 1.807) is 41.5 Å². The van der Waals surface area contributed by atoms with Gasteiger partial charge in [0.1, 0.15) is 16.8 Å². The van der Waals surface area contributed by atoms with Crippen LogP contribution in [0.3, 0.4) is 0 Å². The molecule has 312 valence electrons. The van der Waals surface area contributed by atoms with Crippen molar-refractivity contribution in [1.29, 1.82) is 0 Å². The molecule has 0 aromatic heterocycles. The molecule has 0 aromatic rings. The molecule has 17 nitrogen and oxygen atoms in total. The fourth-order valence-electron chi connectivity index (χ4n) is 2.93. The van der Waals surface area contributed by atoms with Gasteiger partial charge < -0.3 is 69.9 Å². The van der Waals surface area contributed by atoms with Crippen molar-refractivity contribution in [3.05, 3.63) is 0 Å². The van der Waals surface area contributed by atoms with Gasteiger partial charge in [-0.3, -0.25) is 0 Å². The van der Waals surface area contributed by atoms with Gasteiger partial charge in [-0.1, -0.05) is 0 Å². The Bertz CT molecular complexity index is 795. The van der Waals surface area contributed by atoms with Crippen molar-refractivity contribution in [2.75, 3.05) is 105 Å². The number of carbonyl (C=O) groups excluding carboxylic acids is 3. The zero-order valence-electron chi connectivity index (χ0n) is 33.7. The number of rotatable bonds is 25. The van der Waals surface area contributed by atoms with Crippen LogP contribution in [0.5, 0.6) is 0 Å². The van der Waals surface area contributed by atoms with E-state index in [1.807, 2.05) is 20.8 Å². The highest BCUT2D eigenvalue weighted by molar-refractivity contribution is 5.77. The van der Waals surface area contributed by atoms with Crippen LogP contribution in [0, 0.1) is 0 Å².